The summed E-state index contributed by atoms with van der Waals surface area (Å²) in [6, 6.07) is 5.28. The molecule has 1 heterocycles. The van der Waals surface area contributed by atoms with Crippen LogP contribution in [-0.2, 0) is 0 Å². The average molecular weight is 344 g/mol. The number of nitrogens with zero attached hydrogens (tertiary/aromatic N) is 2. The lowest BCUT2D eigenvalue weighted by Crippen LogP contribution is -2.35. The van der Waals surface area contributed by atoms with Crippen molar-refractivity contribution in [3.63, 3.8) is 0 Å². The van der Waals surface area contributed by atoms with E-state index in [-0.39, 0.29) is 30.7 Å². The molecule has 1 amide bonds. The molecule has 7 nitrogen and oxygen atoms in total. The van der Waals surface area contributed by atoms with Gasteiger partial charge >= 0.3 is 0 Å². The zero-order chi connectivity index (χ0) is 17.8. The molecule has 0 aliphatic heterocycles. The van der Waals surface area contributed by atoms with Gasteiger partial charge in [0.05, 0.1) is 23.8 Å². The Kier molecular flexibility index (Phi) is 5.45. The summed E-state index contributed by atoms with van der Waals surface area (Å²) in [7, 11) is 0. The number of benzene rings is 1. The van der Waals surface area contributed by atoms with Gasteiger partial charge in [0.25, 0.3) is 5.91 Å². The molecule has 0 bridgehead atoms. The Morgan fingerprint density at radius 2 is 2.08 bits per heavy atom. The summed E-state index contributed by atoms with van der Waals surface area (Å²) in [5, 5.41) is 25.6. The molecule has 0 unspecified atom stereocenters. The molecule has 7 heteroatoms. The van der Waals surface area contributed by atoms with Crippen LogP contribution in [0, 0.1) is 0 Å². The molecule has 1 aliphatic rings. The summed E-state index contributed by atoms with van der Waals surface area (Å²) >= 11 is 0. The number of para-hydroxylation sites is 1. The van der Waals surface area contributed by atoms with Crippen LogP contribution in [0.3, 0.4) is 0 Å². The van der Waals surface area contributed by atoms with E-state index in [1.165, 1.54) is 0 Å². The van der Waals surface area contributed by atoms with E-state index in [2.05, 4.69) is 20.6 Å². The molecular weight excluding hydrogens is 320 g/mol. The van der Waals surface area contributed by atoms with E-state index < -0.39 is 0 Å². The fourth-order valence-electron chi connectivity index (χ4n) is 3.06. The number of fused-ring (bicyclic) bond motifs is 1. The van der Waals surface area contributed by atoms with Crippen molar-refractivity contribution in [1.82, 2.24) is 15.3 Å². The van der Waals surface area contributed by atoms with Gasteiger partial charge in [-0.3, -0.25) is 4.79 Å². The van der Waals surface area contributed by atoms with Crippen LogP contribution < -0.4 is 10.6 Å². The largest absolute Gasteiger partial charge is 0.394 e. The number of aliphatic hydroxyl groups is 2. The van der Waals surface area contributed by atoms with Crippen molar-refractivity contribution >= 4 is 22.8 Å². The van der Waals surface area contributed by atoms with Crippen molar-refractivity contribution in [3.8, 4) is 0 Å². The molecule has 2 aromatic rings. The number of nitrogens with one attached hydrogen (secondary N) is 2. The highest BCUT2D eigenvalue weighted by Gasteiger charge is 2.20. The molecule has 1 fully saturated rings. The van der Waals surface area contributed by atoms with Crippen LogP contribution >= 0.6 is 0 Å². The van der Waals surface area contributed by atoms with Crippen LogP contribution in [0.25, 0.3) is 10.9 Å². The molecule has 1 aromatic heterocycles. The number of carbonyl (C=O) groups is 1. The molecule has 0 spiro atoms. The van der Waals surface area contributed by atoms with E-state index >= 15 is 0 Å². The first-order valence-corrected chi connectivity index (χ1v) is 8.69. The van der Waals surface area contributed by atoms with Crippen molar-refractivity contribution < 1.29 is 15.0 Å². The normalized spacial score (nSPS) is 21.7. The average Bonchev–Trinajstić information content (AvgIpc) is 2.63. The standard InChI is InChI=1S/C18H24N4O3/c1-11(10-23)20-17(25)15-4-2-3-12-9-19-18(22-16(12)15)21-13-5-7-14(24)8-6-13/h2-4,9,11,13-14,23-24H,5-8,10H2,1H3,(H,20,25)(H,19,21,22)/t11-,13?,14?/m1/s1. The fraction of sp³-hybridized carbons (Fsp3) is 0.500. The van der Waals surface area contributed by atoms with Crippen molar-refractivity contribution in [2.75, 3.05) is 11.9 Å². The zero-order valence-electron chi connectivity index (χ0n) is 14.3. The van der Waals surface area contributed by atoms with Crippen LogP contribution in [-0.4, -0.2) is 50.9 Å². The Bertz CT molecular complexity index is 744. The SMILES string of the molecule is C[C@H](CO)NC(=O)c1cccc2cnc(NC3CCC(O)CC3)nc12. The van der Waals surface area contributed by atoms with Crippen LogP contribution in [0.1, 0.15) is 43.0 Å². The lowest BCUT2D eigenvalue weighted by Gasteiger charge is -2.26. The van der Waals surface area contributed by atoms with Gasteiger partial charge in [-0.1, -0.05) is 12.1 Å². The van der Waals surface area contributed by atoms with Gasteiger partial charge in [0.15, 0.2) is 0 Å². The number of hydrogen-bond acceptors (Lipinski definition) is 6. The third-order valence-electron chi connectivity index (χ3n) is 4.54. The molecule has 0 radical (unpaired) electrons. The minimum Gasteiger partial charge on any atom is -0.394 e. The predicted octanol–water partition coefficient (Wildman–Crippen LogP) is 1.46. The summed E-state index contributed by atoms with van der Waals surface area (Å²) in [4.78, 5) is 21.3. The van der Waals surface area contributed by atoms with Crippen LogP contribution in [0.4, 0.5) is 5.95 Å². The number of rotatable bonds is 5. The maximum atomic E-state index is 12.4. The van der Waals surface area contributed by atoms with Gasteiger partial charge in [-0.05, 0) is 38.7 Å². The molecule has 0 saturated heterocycles. The van der Waals surface area contributed by atoms with Crippen molar-refractivity contribution in [3.05, 3.63) is 30.0 Å². The molecule has 25 heavy (non-hydrogen) atoms. The van der Waals surface area contributed by atoms with Crippen molar-refractivity contribution in [2.45, 2.75) is 50.8 Å². The van der Waals surface area contributed by atoms with E-state index in [0.29, 0.717) is 17.0 Å². The third-order valence-corrected chi connectivity index (χ3v) is 4.54. The lowest BCUT2D eigenvalue weighted by molar-refractivity contribution is 0.0923. The predicted molar refractivity (Wildman–Crippen MR) is 95.4 cm³/mol. The van der Waals surface area contributed by atoms with Gasteiger partial charge in [-0.2, -0.15) is 0 Å². The van der Waals surface area contributed by atoms with Gasteiger partial charge in [0.1, 0.15) is 0 Å². The highest BCUT2D eigenvalue weighted by Crippen LogP contribution is 2.22. The second-order valence-corrected chi connectivity index (χ2v) is 6.64. The molecule has 3 rings (SSSR count). The van der Waals surface area contributed by atoms with Crippen molar-refractivity contribution in [2.24, 2.45) is 0 Å². The summed E-state index contributed by atoms with van der Waals surface area (Å²) in [6.07, 6.45) is 4.79. The summed E-state index contributed by atoms with van der Waals surface area (Å²) < 4.78 is 0. The Morgan fingerprint density at radius 1 is 1.32 bits per heavy atom. The molecule has 1 aliphatic carbocycles. The van der Waals surface area contributed by atoms with E-state index in [9.17, 15) is 9.90 Å². The Morgan fingerprint density at radius 3 is 2.80 bits per heavy atom. The monoisotopic (exact) mass is 344 g/mol. The highest BCUT2D eigenvalue weighted by atomic mass is 16.3. The number of aliphatic hydroxyl groups excluding tert-OH is 2. The summed E-state index contributed by atoms with van der Waals surface area (Å²) in [6.45, 7) is 1.62. The number of hydrogen-bond donors (Lipinski definition) is 4. The quantitative estimate of drug-likeness (QED) is 0.654. The van der Waals surface area contributed by atoms with E-state index in [0.717, 1.165) is 31.1 Å². The summed E-state index contributed by atoms with van der Waals surface area (Å²) in [5.41, 5.74) is 1.04. The van der Waals surface area contributed by atoms with E-state index in [4.69, 9.17) is 5.11 Å². The third kappa shape index (κ3) is 4.24. The van der Waals surface area contributed by atoms with Crippen LogP contribution in [0.2, 0.25) is 0 Å². The molecule has 1 aromatic carbocycles. The Labute approximate surface area is 146 Å². The van der Waals surface area contributed by atoms with Gasteiger partial charge in [0.2, 0.25) is 5.95 Å². The molecule has 134 valence electrons. The summed E-state index contributed by atoms with van der Waals surface area (Å²) in [5.74, 6) is 0.224. The topological polar surface area (TPSA) is 107 Å². The molecular formula is C18H24N4O3. The number of carbonyl (C=O) groups excluding carboxylic acids is 1. The Balaban J connectivity index is 1.83. The molecule has 1 saturated carbocycles. The first-order chi connectivity index (χ1) is 12.1. The number of anilines is 1. The number of aromatic nitrogens is 2. The highest BCUT2D eigenvalue weighted by molar-refractivity contribution is 6.05. The first-order valence-electron chi connectivity index (χ1n) is 8.69. The lowest BCUT2D eigenvalue weighted by atomic mass is 9.93. The fourth-order valence-corrected chi connectivity index (χ4v) is 3.06. The van der Waals surface area contributed by atoms with Crippen LogP contribution in [0.15, 0.2) is 24.4 Å². The minimum absolute atomic E-state index is 0.119. The van der Waals surface area contributed by atoms with Gasteiger partial charge in [-0.25, -0.2) is 9.97 Å². The zero-order valence-corrected chi connectivity index (χ0v) is 14.3. The number of amides is 1. The second kappa shape index (κ2) is 7.76. The van der Waals surface area contributed by atoms with Gasteiger partial charge in [-0.15, -0.1) is 0 Å². The maximum absolute atomic E-state index is 12.4. The van der Waals surface area contributed by atoms with Gasteiger partial charge in [0, 0.05) is 23.7 Å². The van der Waals surface area contributed by atoms with Crippen LogP contribution in [0.5, 0.6) is 0 Å². The van der Waals surface area contributed by atoms with Crippen molar-refractivity contribution in [1.29, 1.82) is 0 Å². The maximum Gasteiger partial charge on any atom is 0.253 e. The Hall–Kier alpha value is -2.25. The first kappa shape index (κ1) is 17.6. The molecule has 4 N–H and O–H groups in total. The smallest absolute Gasteiger partial charge is 0.253 e. The minimum atomic E-state index is -0.323. The van der Waals surface area contributed by atoms with Gasteiger partial charge < -0.3 is 20.8 Å². The second-order valence-electron chi connectivity index (χ2n) is 6.64. The molecule has 1 atom stereocenters. The van der Waals surface area contributed by atoms with E-state index in [1.54, 1.807) is 25.3 Å². The van der Waals surface area contributed by atoms with E-state index in [1.807, 2.05) is 6.07 Å².